The lowest BCUT2D eigenvalue weighted by molar-refractivity contribution is 0.491. The van der Waals surface area contributed by atoms with E-state index in [4.69, 9.17) is 0 Å². The van der Waals surface area contributed by atoms with Gasteiger partial charge in [-0.2, -0.15) is 0 Å². The zero-order valence-corrected chi connectivity index (χ0v) is 9.76. The molecular formula is C14H4O6. The van der Waals surface area contributed by atoms with Crippen LogP contribution in [0.3, 0.4) is 0 Å². The fraction of sp³-hybridized carbons (Fsp3) is 0. The lowest BCUT2D eigenvalue weighted by atomic mass is 10.00. The molecule has 0 fully saturated rings. The summed E-state index contributed by atoms with van der Waals surface area (Å²) in [6.07, 6.45) is 0. The second-order valence-electron chi connectivity index (χ2n) is 4.43. The normalized spacial score (nSPS) is 11.8. The van der Waals surface area contributed by atoms with Gasteiger partial charge in [0, 0.05) is 10.8 Å². The molecule has 0 aliphatic carbocycles. The van der Waals surface area contributed by atoms with Gasteiger partial charge < -0.3 is 8.83 Å². The molecule has 2 aromatic carbocycles. The molecule has 0 unspecified atom stereocenters. The molecule has 96 valence electrons. The molecule has 0 spiro atoms. The monoisotopic (exact) mass is 268 g/mol. The van der Waals surface area contributed by atoms with Crippen LogP contribution < -0.4 is 22.5 Å². The van der Waals surface area contributed by atoms with Gasteiger partial charge >= 0.3 is 22.5 Å². The Morgan fingerprint density at radius 1 is 0.500 bits per heavy atom. The van der Waals surface area contributed by atoms with Crippen molar-refractivity contribution >= 4 is 32.3 Å². The number of hydrogen-bond acceptors (Lipinski definition) is 6. The van der Waals surface area contributed by atoms with Crippen LogP contribution in [0, 0.1) is 0 Å². The fourth-order valence-corrected chi connectivity index (χ4v) is 2.56. The molecule has 6 rings (SSSR count). The van der Waals surface area contributed by atoms with Crippen LogP contribution >= 0.6 is 0 Å². The van der Waals surface area contributed by atoms with Crippen LogP contribution in [0.2, 0.25) is 0 Å². The van der Waals surface area contributed by atoms with E-state index in [9.17, 15) is 19.2 Å². The molecule has 6 heteroatoms. The minimum Gasteiger partial charge on any atom is -0.386 e. The molecule has 0 aliphatic heterocycles. The average molecular weight is 268 g/mol. The lowest BCUT2D eigenvalue weighted by Gasteiger charge is -1.98. The van der Waals surface area contributed by atoms with E-state index in [1.165, 1.54) is 24.3 Å². The Bertz CT molecular complexity index is 1030. The van der Waals surface area contributed by atoms with Crippen LogP contribution in [0.1, 0.15) is 0 Å². The molecule has 4 aromatic heterocycles. The number of fused-ring (bicyclic) bond motifs is 6. The standard InChI is InChI=1S/C14H4O6/c15-11-5-1-2-6(12(16)19-11)10-8-4-3-7(9(5)10)13(17)20-14(8)18/h1-4H. The summed E-state index contributed by atoms with van der Waals surface area (Å²) in [5, 5.41) is 0.728. The Morgan fingerprint density at radius 3 is 1.00 bits per heavy atom. The predicted molar refractivity (Wildman–Crippen MR) is 70.9 cm³/mol. The summed E-state index contributed by atoms with van der Waals surface area (Å²) in [6, 6.07) is 5.62. The zero-order chi connectivity index (χ0) is 14.0. The van der Waals surface area contributed by atoms with Crippen molar-refractivity contribution in [3.05, 3.63) is 65.9 Å². The fourth-order valence-electron chi connectivity index (χ4n) is 2.56. The SMILES string of the molecule is O=c1oc(=O)c2ccc1c1c3ccc(c(=O)oc3=O)c21. The first kappa shape index (κ1) is 10.9. The second-order valence-corrected chi connectivity index (χ2v) is 4.43. The van der Waals surface area contributed by atoms with E-state index in [0.717, 1.165) is 0 Å². The van der Waals surface area contributed by atoms with Gasteiger partial charge in [0.1, 0.15) is 0 Å². The zero-order valence-electron chi connectivity index (χ0n) is 9.76. The molecule has 0 saturated heterocycles. The topological polar surface area (TPSA) is 94.6 Å². The van der Waals surface area contributed by atoms with Crippen LogP contribution in [0.4, 0.5) is 0 Å². The number of benzene rings is 2. The highest BCUT2D eigenvalue weighted by molar-refractivity contribution is 6.21. The first-order valence-corrected chi connectivity index (χ1v) is 5.70. The molecule has 4 heterocycles. The van der Waals surface area contributed by atoms with Gasteiger partial charge in [-0.25, -0.2) is 19.2 Å². The largest absolute Gasteiger partial charge is 0.386 e. The van der Waals surface area contributed by atoms with Crippen LogP contribution in [-0.2, 0) is 0 Å². The third-order valence-electron chi connectivity index (χ3n) is 3.41. The smallest absolute Gasteiger partial charge is 0.346 e. The second kappa shape index (κ2) is 3.30. The molecule has 0 saturated carbocycles. The van der Waals surface area contributed by atoms with Crippen molar-refractivity contribution in [1.29, 1.82) is 0 Å². The summed E-state index contributed by atoms with van der Waals surface area (Å²) in [5.74, 6) is 0. The summed E-state index contributed by atoms with van der Waals surface area (Å²) in [5.41, 5.74) is -3.39. The van der Waals surface area contributed by atoms with Gasteiger partial charge in [-0.1, -0.05) is 0 Å². The molecular weight excluding hydrogens is 264 g/mol. The third kappa shape index (κ3) is 1.13. The third-order valence-corrected chi connectivity index (χ3v) is 3.41. The molecule has 6 nitrogen and oxygen atoms in total. The van der Waals surface area contributed by atoms with E-state index in [2.05, 4.69) is 8.83 Å². The number of hydrogen-bond donors (Lipinski definition) is 0. The van der Waals surface area contributed by atoms with Crippen molar-refractivity contribution < 1.29 is 8.83 Å². The molecule has 0 aliphatic rings. The van der Waals surface area contributed by atoms with E-state index in [1.807, 2.05) is 0 Å². The Balaban J connectivity index is 2.74. The van der Waals surface area contributed by atoms with Crippen LogP contribution in [0.15, 0.2) is 52.3 Å². The summed E-state index contributed by atoms with van der Waals surface area (Å²) in [6.45, 7) is 0. The quantitative estimate of drug-likeness (QED) is 0.464. The van der Waals surface area contributed by atoms with E-state index >= 15 is 0 Å². The van der Waals surface area contributed by atoms with Gasteiger partial charge in [-0.3, -0.25) is 0 Å². The summed E-state index contributed by atoms with van der Waals surface area (Å²) in [7, 11) is 0. The molecule has 20 heavy (non-hydrogen) atoms. The van der Waals surface area contributed by atoms with Gasteiger partial charge in [-0.15, -0.1) is 0 Å². The maximum absolute atomic E-state index is 11.9. The van der Waals surface area contributed by atoms with Gasteiger partial charge in [-0.05, 0) is 24.3 Å². The predicted octanol–water partition coefficient (Wildman–Crippen LogP) is 0.649. The van der Waals surface area contributed by atoms with Crippen molar-refractivity contribution in [3.63, 3.8) is 0 Å². The van der Waals surface area contributed by atoms with Gasteiger partial charge in [0.15, 0.2) is 0 Å². The van der Waals surface area contributed by atoms with Gasteiger partial charge in [0.25, 0.3) is 0 Å². The molecule has 0 atom stereocenters. The minimum absolute atomic E-state index is 0.0677. The van der Waals surface area contributed by atoms with E-state index in [0.29, 0.717) is 0 Å². The van der Waals surface area contributed by atoms with Crippen molar-refractivity contribution in [2.75, 3.05) is 0 Å². The first-order chi connectivity index (χ1) is 9.58. The maximum Gasteiger partial charge on any atom is 0.346 e. The Kier molecular flexibility index (Phi) is 1.79. The van der Waals surface area contributed by atoms with Crippen molar-refractivity contribution in [1.82, 2.24) is 0 Å². The van der Waals surface area contributed by atoms with Crippen molar-refractivity contribution in [2.45, 2.75) is 0 Å². The van der Waals surface area contributed by atoms with Crippen LogP contribution in [0.25, 0.3) is 32.3 Å². The highest BCUT2D eigenvalue weighted by Crippen LogP contribution is 2.28. The van der Waals surface area contributed by atoms with Crippen molar-refractivity contribution in [2.24, 2.45) is 0 Å². The summed E-state index contributed by atoms with van der Waals surface area (Å²) >= 11 is 0. The molecule has 6 aromatic rings. The van der Waals surface area contributed by atoms with E-state index in [-0.39, 0.29) is 32.3 Å². The van der Waals surface area contributed by atoms with Crippen LogP contribution in [0.5, 0.6) is 0 Å². The molecule has 0 radical (unpaired) electrons. The first-order valence-electron chi connectivity index (χ1n) is 5.70. The summed E-state index contributed by atoms with van der Waals surface area (Å²) < 4.78 is 9.30. The number of rotatable bonds is 0. The Labute approximate surface area is 108 Å². The summed E-state index contributed by atoms with van der Waals surface area (Å²) in [4.78, 5) is 47.4. The van der Waals surface area contributed by atoms with Gasteiger partial charge in [0.2, 0.25) is 0 Å². The highest BCUT2D eigenvalue weighted by atomic mass is 16.4. The van der Waals surface area contributed by atoms with Gasteiger partial charge in [0.05, 0.1) is 21.5 Å². The maximum atomic E-state index is 11.9. The highest BCUT2D eigenvalue weighted by Gasteiger charge is 2.18. The molecule has 0 N–H and O–H groups in total. The van der Waals surface area contributed by atoms with E-state index < -0.39 is 22.5 Å². The van der Waals surface area contributed by atoms with Crippen LogP contribution in [-0.4, -0.2) is 0 Å². The lowest BCUT2D eigenvalue weighted by Crippen LogP contribution is -2.04. The molecule has 4 bridgehead atoms. The average Bonchev–Trinajstić information content (AvgIpc) is 2.74. The van der Waals surface area contributed by atoms with E-state index in [1.54, 1.807) is 0 Å². The minimum atomic E-state index is -0.847. The molecule has 0 amide bonds. The Morgan fingerprint density at radius 2 is 0.750 bits per heavy atom. The Hall–Kier alpha value is -3.02. The van der Waals surface area contributed by atoms with Crippen molar-refractivity contribution in [3.8, 4) is 0 Å².